The lowest BCUT2D eigenvalue weighted by atomic mass is 10.1. The Balaban J connectivity index is 1.37. The number of fused-ring (bicyclic) bond motifs is 3. The first-order valence-corrected chi connectivity index (χ1v) is 11.6. The number of rotatable bonds is 5. The summed E-state index contributed by atoms with van der Waals surface area (Å²) in [7, 11) is 1.80. The predicted molar refractivity (Wildman–Crippen MR) is 124 cm³/mol. The summed E-state index contributed by atoms with van der Waals surface area (Å²) in [6.45, 7) is 4.31. The third kappa shape index (κ3) is 3.55. The molecule has 0 radical (unpaired) electrons. The second-order valence-electron chi connectivity index (χ2n) is 8.85. The van der Waals surface area contributed by atoms with Crippen molar-refractivity contribution in [1.29, 1.82) is 0 Å². The molecule has 2 aromatic rings. The molecule has 3 aliphatic heterocycles. The number of anilines is 1. The number of aryl methyl sites for hydroxylation is 1. The van der Waals surface area contributed by atoms with Gasteiger partial charge < -0.3 is 9.80 Å². The Kier molecular flexibility index (Phi) is 5.61. The van der Waals surface area contributed by atoms with Gasteiger partial charge in [-0.25, -0.2) is 4.79 Å². The fraction of sp³-hybridized carbons (Fsp3) is 0.440. The molecule has 2 aromatic carbocycles. The highest BCUT2D eigenvalue weighted by atomic mass is 16.2. The standard InChI is InChI=1S/C25H31N5O2/c1-3-18-10-12-20(13-11-18)28-15-7-16-29-21-22(26-24(28)29)27(2)25(32)30(23(21)31)17-14-19-8-5-4-6-9-19/h4-6,8-13,21-22,24,26H,3,7,14-17H2,1-2H3. The zero-order chi connectivity index (χ0) is 22.2. The molecule has 0 aromatic heterocycles. The normalized spacial score (nSPS) is 25.8. The number of urea groups is 1. The fourth-order valence-electron chi connectivity index (χ4n) is 5.20. The summed E-state index contributed by atoms with van der Waals surface area (Å²) in [6, 6.07) is 18.1. The van der Waals surface area contributed by atoms with E-state index in [1.54, 1.807) is 11.9 Å². The summed E-state index contributed by atoms with van der Waals surface area (Å²) < 4.78 is 0. The van der Waals surface area contributed by atoms with Crippen molar-refractivity contribution in [3.8, 4) is 0 Å². The van der Waals surface area contributed by atoms with Crippen LogP contribution >= 0.6 is 0 Å². The molecule has 168 valence electrons. The molecule has 0 aliphatic carbocycles. The van der Waals surface area contributed by atoms with Gasteiger partial charge in [-0.3, -0.25) is 19.9 Å². The van der Waals surface area contributed by atoms with E-state index < -0.39 is 0 Å². The van der Waals surface area contributed by atoms with Crippen molar-refractivity contribution in [1.82, 2.24) is 20.0 Å². The van der Waals surface area contributed by atoms with Crippen LogP contribution in [0.1, 0.15) is 24.5 Å². The van der Waals surface area contributed by atoms with Crippen LogP contribution in [0.25, 0.3) is 0 Å². The minimum Gasteiger partial charge on any atom is -0.343 e. The Labute approximate surface area is 189 Å². The van der Waals surface area contributed by atoms with E-state index in [1.807, 2.05) is 30.3 Å². The molecule has 7 nitrogen and oxygen atoms in total. The number of benzene rings is 2. The number of imide groups is 1. The summed E-state index contributed by atoms with van der Waals surface area (Å²) >= 11 is 0. The van der Waals surface area contributed by atoms with E-state index in [-0.39, 0.29) is 30.4 Å². The van der Waals surface area contributed by atoms with E-state index in [4.69, 9.17) is 0 Å². The maximum atomic E-state index is 13.5. The molecule has 3 atom stereocenters. The molecule has 3 fully saturated rings. The lowest BCUT2D eigenvalue weighted by Crippen LogP contribution is -2.66. The maximum Gasteiger partial charge on any atom is 0.327 e. The van der Waals surface area contributed by atoms with Gasteiger partial charge in [0.05, 0.1) is 0 Å². The Morgan fingerprint density at radius 3 is 2.44 bits per heavy atom. The molecule has 3 aliphatic rings. The van der Waals surface area contributed by atoms with Crippen LogP contribution in [0.5, 0.6) is 0 Å². The van der Waals surface area contributed by atoms with Gasteiger partial charge in [-0.2, -0.15) is 0 Å². The smallest absolute Gasteiger partial charge is 0.327 e. The van der Waals surface area contributed by atoms with Crippen LogP contribution in [0.4, 0.5) is 10.5 Å². The molecule has 3 amide bonds. The van der Waals surface area contributed by atoms with E-state index in [0.717, 1.165) is 37.2 Å². The Morgan fingerprint density at radius 1 is 0.969 bits per heavy atom. The molecule has 0 saturated carbocycles. The number of hydrogen-bond acceptors (Lipinski definition) is 5. The highest BCUT2D eigenvalue weighted by molar-refractivity contribution is 6.00. The topological polar surface area (TPSA) is 59.1 Å². The number of nitrogens with zero attached hydrogens (tertiary/aromatic N) is 4. The van der Waals surface area contributed by atoms with Crippen LogP contribution < -0.4 is 10.2 Å². The number of amides is 3. The summed E-state index contributed by atoms with van der Waals surface area (Å²) in [5, 5.41) is 3.59. The van der Waals surface area contributed by atoms with E-state index in [2.05, 4.69) is 46.3 Å². The van der Waals surface area contributed by atoms with Crippen LogP contribution in [-0.4, -0.2) is 71.8 Å². The first kappa shape index (κ1) is 21.0. The Morgan fingerprint density at radius 2 is 1.72 bits per heavy atom. The van der Waals surface area contributed by atoms with Crippen LogP contribution in [0.2, 0.25) is 0 Å². The van der Waals surface area contributed by atoms with Gasteiger partial charge in [0.25, 0.3) is 5.91 Å². The van der Waals surface area contributed by atoms with Gasteiger partial charge in [0.15, 0.2) is 0 Å². The van der Waals surface area contributed by atoms with Gasteiger partial charge in [0.1, 0.15) is 18.5 Å². The first-order chi connectivity index (χ1) is 15.6. The highest BCUT2D eigenvalue weighted by Gasteiger charge is 2.55. The number of nitrogens with one attached hydrogen (secondary N) is 1. The average molecular weight is 434 g/mol. The molecule has 0 bridgehead atoms. The molecule has 32 heavy (non-hydrogen) atoms. The van der Waals surface area contributed by atoms with Gasteiger partial charge in [-0.1, -0.05) is 49.4 Å². The van der Waals surface area contributed by atoms with Crippen molar-refractivity contribution in [3.05, 3.63) is 65.7 Å². The third-order valence-corrected chi connectivity index (χ3v) is 7.01. The zero-order valence-corrected chi connectivity index (χ0v) is 18.8. The molecule has 3 heterocycles. The van der Waals surface area contributed by atoms with Crippen molar-refractivity contribution in [2.45, 2.75) is 44.7 Å². The van der Waals surface area contributed by atoms with Gasteiger partial charge in [0.2, 0.25) is 0 Å². The van der Waals surface area contributed by atoms with Crippen LogP contribution in [-0.2, 0) is 17.6 Å². The second kappa shape index (κ2) is 8.56. The summed E-state index contributed by atoms with van der Waals surface area (Å²) in [5.41, 5.74) is 3.58. The predicted octanol–water partition coefficient (Wildman–Crippen LogP) is 2.48. The van der Waals surface area contributed by atoms with E-state index in [0.29, 0.717) is 13.0 Å². The van der Waals surface area contributed by atoms with Gasteiger partial charge in [-0.05, 0) is 42.5 Å². The fourth-order valence-corrected chi connectivity index (χ4v) is 5.20. The van der Waals surface area contributed by atoms with Gasteiger partial charge >= 0.3 is 6.03 Å². The van der Waals surface area contributed by atoms with Crippen LogP contribution in [0, 0.1) is 0 Å². The van der Waals surface area contributed by atoms with E-state index in [1.165, 1.54) is 10.5 Å². The summed E-state index contributed by atoms with van der Waals surface area (Å²) in [5.74, 6) is -0.0905. The van der Waals surface area contributed by atoms with Crippen molar-refractivity contribution in [2.24, 2.45) is 0 Å². The first-order valence-electron chi connectivity index (χ1n) is 11.6. The highest BCUT2D eigenvalue weighted by Crippen LogP contribution is 2.33. The Bertz CT molecular complexity index is 980. The SMILES string of the molecule is CCc1ccc(N2CCCN3C4C(=O)N(CCc5ccccc5)C(=O)N(C)C4NC23)cc1. The molecule has 0 spiro atoms. The van der Waals surface area contributed by atoms with Crippen LogP contribution in [0.15, 0.2) is 54.6 Å². The molecular formula is C25H31N5O2. The summed E-state index contributed by atoms with van der Waals surface area (Å²) in [4.78, 5) is 34.3. The van der Waals surface area contributed by atoms with Crippen molar-refractivity contribution >= 4 is 17.6 Å². The monoisotopic (exact) mass is 433 g/mol. The summed E-state index contributed by atoms with van der Waals surface area (Å²) in [6.07, 6.45) is 2.24. The quantitative estimate of drug-likeness (QED) is 0.785. The van der Waals surface area contributed by atoms with Crippen LogP contribution in [0.3, 0.4) is 0 Å². The Hall–Kier alpha value is -2.90. The van der Waals surface area contributed by atoms with Gasteiger partial charge in [0, 0.05) is 32.4 Å². The molecule has 1 N–H and O–H groups in total. The number of carbonyl (C=O) groups excluding carboxylic acids is 2. The van der Waals surface area contributed by atoms with Gasteiger partial charge in [-0.15, -0.1) is 0 Å². The lowest BCUT2D eigenvalue weighted by Gasteiger charge is -2.44. The van der Waals surface area contributed by atoms with E-state index in [9.17, 15) is 9.59 Å². The largest absolute Gasteiger partial charge is 0.343 e. The number of carbonyl (C=O) groups is 2. The molecule has 3 unspecified atom stereocenters. The average Bonchev–Trinajstić information content (AvgIpc) is 3.23. The minimum atomic E-state index is -0.365. The van der Waals surface area contributed by atoms with Crippen molar-refractivity contribution in [2.75, 3.05) is 31.6 Å². The molecule has 5 rings (SSSR count). The van der Waals surface area contributed by atoms with Crippen molar-refractivity contribution in [3.63, 3.8) is 0 Å². The molecular weight excluding hydrogens is 402 g/mol. The van der Waals surface area contributed by atoms with Crippen molar-refractivity contribution < 1.29 is 9.59 Å². The number of likely N-dealkylation sites (N-methyl/N-ethyl adjacent to an activating group) is 1. The van der Waals surface area contributed by atoms with E-state index >= 15 is 0 Å². The number of hydrogen-bond donors (Lipinski definition) is 1. The minimum absolute atomic E-state index is 0.0905. The zero-order valence-electron chi connectivity index (χ0n) is 18.8. The molecule has 7 heteroatoms. The maximum absolute atomic E-state index is 13.5. The third-order valence-electron chi connectivity index (χ3n) is 7.01. The molecule has 3 saturated heterocycles. The lowest BCUT2D eigenvalue weighted by molar-refractivity contribution is -0.138. The second-order valence-corrected chi connectivity index (χ2v) is 8.85.